The van der Waals surface area contributed by atoms with Crippen LogP contribution in [0.25, 0.3) is 11.1 Å². The Kier molecular flexibility index (Phi) is 7.54. The molecule has 0 aliphatic rings. The summed E-state index contributed by atoms with van der Waals surface area (Å²) in [5.41, 5.74) is 1.87. The van der Waals surface area contributed by atoms with Gasteiger partial charge < -0.3 is 23.9 Å². The zero-order valence-corrected chi connectivity index (χ0v) is 18.3. The van der Waals surface area contributed by atoms with E-state index in [1.165, 1.54) is 25.9 Å². The number of hydrogen-bond donors (Lipinski definition) is 1. The van der Waals surface area contributed by atoms with E-state index in [1.807, 2.05) is 6.07 Å². The van der Waals surface area contributed by atoms with Crippen LogP contribution in [-0.2, 0) is 20.9 Å². The molecule has 0 spiro atoms. The summed E-state index contributed by atoms with van der Waals surface area (Å²) in [7, 11) is 4.33. The third kappa shape index (κ3) is 5.29. The van der Waals surface area contributed by atoms with Gasteiger partial charge in [-0.2, -0.15) is 0 Å². The van der Waals surface area contributed by atoms with E-state index in [0.717, 1.165) is 0 Å². The van der Waals surface area contributed by atoms with Crippen LogP contribution in [0.2, 0.25) is 0 Å². The summed E-state index contributed by atoms with van der Waals surface area (Å²) in [6.45, 7) is 0.335. The molecule has 0 bridgehead atoms. The van der Waals surface area contributed by atoms with Crippen molar-refractivity contribution in [3.8, 4) is 11.5 Å². The number of aromatic nitrogens is 1. The Morgan fingerprint density at radius 1 is 1.06 bits per heavy atom. The molecule has 3 aromatic rings. The van der Waals surface area contributed by atoms with E-state index in [0.29, 0.717) is 41.1 Å². The van der Waals surface area contributed by atoms with Gasteiger partial charge in [-0.25, -0.2) is 4.79 Å². The van der Waals surface area contributed by atoms with Gasteiger partial charge in [0.2, 0.25) is 5.91 Å². The van der Waals surface area contributed by atoms with Crippen molar-refractivity contribution in [3.63, 3.8) is 0 Å². The molecule has 3 rings (SSSR count). The van der Waals surface area contributed by atoms with Gasteiger partial charge in [-0.05, 0) is 36.2 Å². The number of methoxy groups -OCH3 is 3. The SMILES string of the molecule is COC(=O)CC(NC(=O)CCCn1c(=O)oc2ccccc21)c1ccc(OC)c(OC)c1. The van der Waals surface area contributed by atoms with Gasteiger partial charge in [-0.15, -0.1) is 0 Å². The van der Waals surface area contributed by atoms with Gasteiger partial charge in [0.05, 0.1) is 39.3 Å². The predicted octanol–water partition coefficient (Wildman–Crippen LogP) is 2.81. The lowest BCUT2D eigenvalue weighted by molar-refractivity contribution is -0.141. The largest absolute Gasteiger partial charge is 0.493 e. The Bertz CT molecular complexity index is 1150. The molecule has 32 heavy (non-hydrogen) atoms. The van der Waals surface area contributed by atoms with Crippen molar-refractivity contribution in [1.82, 2.24) is 9.88 Å². The van der Waals surface area contributed by atoms with Crippen molar-refractivity contribution in [2.75, 3.05) is 21.3 Å². The highest BCUT2D eigenvalue weighted by Gasteiger charge is 2.21. The van der Waals surface area contributed by atoms with Crippen LogP contribution in [0.1, 0.15) is 30.9 Å². The van der Waals surface area contributed by atoms with Crippen molar-refractivity contribution in [3.05, 3.63) is 58.6 Å². The monoisotopic (exact) mass is 442 g/mol. The average Bonchev–Trinajstić information content (AvgIpc) is 3.13. The quantitative estimate of drug-likeness (QED) is 0.481. The highest BCUT2D eigenvalue weighted by Crippen LogP contribution is 2.31. The zero-order chi connectivity index (χ0) is 23.1. The normalized spacial score (nSPS) is 11.7. The molecule has 0 saturated heterocycles. The molecule has 1 heterocycles. The Morgan fingerprint density at radius 2 is 1.81 bits per heavy atom. The second-order valence-electron chi connectivity index (χ2n) is 7.11. The van der Waals surface area contributed by atoms with Gasteiger partial charge in [0.15, 0.2) is 17.1 Å². The molecule has 1 aromatic heterocycles. The second-order valence-corrected chi connectivity index (χ2v) is 7.11. The van der Waals surface area contributed by atoms with Crippen LogP contribution in [-0.4, -0.2) is 37.8 Å². The molecule has 9 nitrogen and oxygen atoms in total. The maximum Gasteiger partial charge on any atom is 0.419 e. The maximum atomic E-state index is 12.6. The lowest BCUT2D eigenvalue weighted by Gasteiger charge is -2.20. The Balaban J connectivity index is 1.68. The fraction of sp³-hybridized carbons (Fsp3) is 0.348. The number of hydrogen-bond acceptors (Lipinski definition) is 7. The van der Waals surface area contributed by atoms with Crippen LogP contribution in [0, 0.1) is 0 Å². The minimum atomic E-state index is -0.604. The lowest BCUT2D eigenvalue weighted by atomic mass is 10.0. The fourth-order valence-corrected chi connectivity index (χ4v) is 3.46. The molecule has 0 aliphatic heterocycles. The number of aryl methyl sites for hydroxylation is 1. The first-order valence-electron chi connectivity index (χ1n) is 10.1. The second kappa shape index (κ2) is 10.5. The van der Waals surface area contributed by atoms with Gasteiger partial charge in [-0.3, -0.25) is 14.2 Å². The summed E-state index contributed by atoms with van der Waals surface area (Å²) in [5, 5.41) is 2.87. The standard InChI is InChI=1S/C23H26N2O7/c1-29-19-11-10-15(13-20(19)30-2)16(14-22(27)31-3)24-21(26)9-6-12-25-17-7-4-5-8-18(17)32-23(25)28/h4-5,7-8,10-11,13,16H,6,9,12,14H2,1-3H3,(H,24,26). The molecule has 2 aromatic carbocycles. The molecule has 1 unspecified atom stereocenters. The van der Waals surface area contributed by atoms with Crippen LogP contribution in [0.3, 0.4) is 0 Å². The van der Waals surface area contributed by atoms with E-state index in [2.05, 4.69) is 5.32 Å². The smallest absolute Gasteiger partial charge is 0.419 e. The molecule has 9 heteroatoms. The predicted molar refractivity (Wildman–Crippen MR) is 117 cm³/mol. The van der Waals surface area contributed by atoms with Crippen LogP contribution in [0.15, 0.2) is 51.7 Å². The third-order valence-corrected chi connectivity index (χ3v) is 5.10. The van der Waals surface area contributed by atoms with Crippen molar-refractivity contribution in [1.29, 1.82) is 0 Å². The van der Waals surface area contributed by atoms with E-state index in [4.69, 9.17) is 18.6 Å². The highest BCUT2D eigenvalue weighted by atomic mass is 16.5. The van der Waals surface area contributed by atoms with Crippen LogP contribution in [0.4, 0.5) is 0 Å². The summed E-state index contributed by atoms with van der Waals surface area (Å²) >= 11 is 0. The van der Waals surface area contributed by atoms with E-state index in [1.54, 1.807) is 36.4 Å². The summed E-state index contributed by atoms with van der Waals surface area (Å²) < 4.78 is 22.1. The van der Waals surface area contributed by atoms with Gasteiger partial charge >= 0.3 is 11.7 Å². The van der Waals surface area contributed by atoms with Crippen molar-refractivity contribution >= 4 is 23.0 Å². The number of carbonyl (C=O) groups is 2. The van der Waals surface area contributed by atoms with Crippen LogP contribution < -0.4 is 20.5 Å². The Morgan fingerprint density at radius 3 is 2.53 bits per heavy atom. The van der Waals surface area contributed by atoms with E-state index in [9.17, 15) is 14.4 Å². The first-order chi connectivity index (χ1) is 15.5. The minimum Gasteiger partial charge on any atom is -0.493 e. The first-order valence-corrected chi connectivity index (χ1v) is 10.1. The van der Waals surface area contributed by atoms with E-state index in [-0.39, 0.29) is 18.7 Å². The summed E-state index contributed by atoms with van der Waals surface area (Å²) in [4.78, 5) is 36.6. The third-order valence-electron chi connectivity index (χ3n) is 5.10. The van der Waals surface area contributed by atoms with Gasteiger partial charge in [0.25, 0.3) is 0 Å². The maximum absolute atomic E-state index is 12.6. The number of rotatable bonds is 10. The molecule has 1 N–H and O–H groups in total. The van der Waals surface area contributed by atoms with E-state index < -0.39 is 17.8 Å². The molecule has 1 amide bonds. The lowest BCUT2D eigenvalue weighted by Crippen LogP contribution is -2.30. The molecule has 0 aliphatic carbocycles. The molecule has 1 atom stereocenters. The van der Waals surface area contributed by atoms with Crippen molar-refractivity contribution in [2.45, 2.75) is 31.8 Å². The number of ether oxygens (including phenoxy) is 3. The first kappa shape index (κ1) is 22.9. The number of nitrogens with zero attached hydrogens (tertiary/aromatic N) is 1. The summed E-state index contributed by atoms with van der Waals surface area (Å²) in [6, 6.07) is 11.7. The highest BCUT2D eigenvalue weighted by molar-refractivity contribution is 5.78. The summed E-state index contributed by atoms with van der Waals surface area (Å²) in [6.07, 6.45) is 0.548. The Labute approximate surface area is 184 Å². The topological polar surface area (TPSA) is 109 Å². The number of para-hydroxylation sites is 2. The number of amides is 1. The molecule has 0 saturated carbocycles. The molecular formula is C23H26N2O7. The molecule has 0 radical (unpaired) electrons. The van der Waals surface area contributed by atoms with Crippen LogP contribution in [0.5, 0.6) is 11.5 Å². The number of nitrogens with one attached hydrogen (secondary N) is 1. The van der Waals surface area contributed by atoms with Crippen molar-refractivity contribution < 1.29 is 28.2 Å². The number of fused-ring (bicyclic) bond motifs is 1. The number of carbonyl (C=O) groups excluding carboxylic acids is 2. The molecule has 0 fully saturated rings. The minimum absolute atomic E-state index is 0.0381. The molecular weight excluding hydrogens is 416 g/mol. The van der Waals surface area contributed by atoms with E-state index >= 15 is 0 Å². The number of oxazole rings is 1. The van der Waals surface area contributed by atoms with Crippen LogP contribution >= 0.6 is 0 Å². The Hall–Kier alpha value is -3.75. The average molecular weight is 442 g/mol. The molecule has 170 valence electrons. The van der Waals surface area contributed by atoms with Gasteiger partial charge in [0.1, 0.15) is 0 Å². The zero-order valence-electron chi connectivity index (χ0n) is 18.3. The number of esters is 1. The van der Waals surface area contributed by atoms with Crippen molar-refractivity contribution in [2.24, 2.45) is 0 Å². The summed E-state index contributed by atoms with van der Waals surface area (Å²) in [5.74, 6) is -0.144. The van der Waals surface area contributed by atoms with Gasteiger partial charge in [-0.1, -0.05) is 18.2 Å². The fourth-order valence-electron chi connectivity index (χ4n) is 3.46. The number of benzene rings is 2. The van der Waals surface area contributed by atoms with Gasteiger partial charge in [0, 0.05) is 13.0 Å².